The predicted molar refractivity (Wildman–Crippen MR) is 87.0 cm³/mol. The lowest BCUT2D eigenvalue weighted by molar-refractivity contribution is 0.103. The summed E-state index contributed by atoms with van der Waals surface area (Å²) in [5.74, 6) is -1.09. The normalized spacial score (nSPS) is 12.3. The topological polar surface area (TPSA) is 76.0 Å². The summed E-state index contributed by atoms with van der Waals surface area (Å²) < 4.78 is 14.6. The van der Waals surface area contributed by atoms with Crippen molar-refractivity contribution in [3.63, 3.8) is 0 Å². The SMILES string of the molecule is CC(N)c1cccc(C(=O)c2cccc3c(=O)[nH]ccc23)c1F. The molecule has 0 amide bonds. The Hall–Kier alpha value is -2.79. The third-order valence-corrected chi connectivity index (χ3v) is 3.82. The van der Waals surface area contributed by atoms with Gasteiger partial charge in [-0.15, -0.1) is 0 Å². The zero-order valence-corrected chi connectivity index (χ0v) is 12.5. The van der Waals surface area contributed by atoms with Crippen molar-refractivity contribution in [1.82, 2.24) is 4.98 Å². The van der Waals surface area contributed by atoms with E-state index in [1.165, 1.54) is 12.3 Å². The summed E-state index contributed by atoms with van der Waals surface area (Å²) in [5, 5.41) is 0.883. The first-order valence-electron chi connectivity index (χ1n) is 7.20. The number of nitrogens with one attached hydrogen (secondary N) is 1. The van der Waals surface area contributed by atoms with Gasteiger partial charge in [0, 0.05) is 28.8 Å². The summed E-state index contributed by atoms with van der Waals surface area (Å²) in [7, 11) is 0. The lowest BCUT2D eigenvalue weighted by Gasteiger charge is -2.11. The summed E-state index contributed by atoms with van der Waals surface area (Å²) in [6.45, 7) is 1.66. The van der Waals surface area contributed by atoms with E-state index in [1.54, 1.807) is 43.3 Å². The van der Waals surface area contributed by atoms with E-state index < -0.39 is 17.6 Å². The van der Waals surface area contributed by atoms with Crippen LogP contribution in [0.5, 0.6) is 0 Å². The molecule has 0 aliphatic carbocycles. The summed E-state index contributed by atoms with van der Waals surface area (Å²) in [6.07, 6.45) is 1.47. The molecule has 0 radical (unpaired) electrons. The molecule has 23 heavy (non-hydrogen) atoms. The van der Waals surface area contributed by atoms with Crippen LogP contribution >= 0.6 is 0 Å². The highest BCUT2D eigenvalue weighted by molar-refractivity contribution is 6.16. The Kier molecular flexibility index (Phi) is 3.80. The number of carbonyl (C=O) groups is 1. The van der Waals surface area contributed by atoms with Crippen LogP contribution in [0.2, 0.25) is 0 Å². The molecule has 0 saturated heterocycles. The molecule has 0 spiro atoms. The fourth-order valence-corrected chi connectivity index (χ4v) is 2.64. The smallest absolute Gasteiger partial charge is 0.255 e. The zero-order chi connectivity index (χ0) is 16.6. The van der Waals surface area contributed by atoms with E-state index in [1.807, 2.05) is 0 Å². The van der Waals surface area contributed by atoms with E-state index in [0.717, 1.165) is 0 Å². The molecule has 3 rings (SSSR count). The molecule has 0 saturated carbocycles. The van der Waals surface area contributed by atoms with Crippen molar-refractivity contribution in [2.75, 3.05) is 0 Å². The van der Waals surface area contributed by atoms with Crippen LogP contribution in [0.4, 0.5) is 4.39 Å². The standard InChI is InChI=1S/C18H15FN2O2/c1-10(20)11-4-2-7-15(16(11)19)17(22)13-5-3-6-14-12(13)8-9-21-18(14)23/h2-10H,20H2,1H3,(H,21,23). The number of hydrogen-bond acceptors (Lipinski definition) is 3. The number of carbonyl (C=O) groups excluding carboxylic acids is 1. The average Bonchev–Trinajstić information content (AvgIpc) is 2.54. The van der Waals surface area contributed by atoms with Crippen molar-refractivity contribution < 1.29 is 9.18 Å². The zero-order valence-electron chi connectivity index (χ0n) is 12.5. The molecule has 1 heterocycles. The molecular formula is C18H15FN2O2. The molecule has 3 N–H and O–H groups in total. The number of hydrogen-bond donors (Lipinski definition) is 2. The average molecular weight is 310 g/mol. The maximum Gasteiger partial charge on any atom is 0.255 e. The minimum absolute atomic E-state index is 0.0485. The van der Waals surface area contributed by atoms with Crippen molar-refractivity contribution in [3.05, 3.63) is 81.5 Å². The molecule has 116 valence electrons. The largest absolute Gasteiger partial charge is 0.329 e. The molecule has 1 unspecified atom stereocenters. The number of halogens is 1. The van der Waals surface area contributed by atoms with Crippen molar-refractivity contribution in [3.8, 4) is 0 Å². The van der Waals surface area contributed by atoms with Gasteiger partial charge in [-0.2, -0.15) is 0 Å². The van der Waals surface area contributed by atoms with Gasteiger partial charge in [-0.3, -0.25) is 9.59 Å². The van der Waals surface area contributed by atoms with Gasteiger partial charge in [0.05, 0.1) is 5.56 Å². The van der Waals surface area contributed by atoms with Gasteiger partial charge in [0.25, 0.3) is 5.56 Å². The molecular weight excluding hydrogens is 295 g/mol. The summed E-state index contributed by atoms with van der Waals surface area (Å²) in [5.41, 5.74) is 5.97. The molecule has 0 fully saturated rings. The maximum absolute atomic E-state index is 14.6. The van der Waals surface area contributed by atoms with Gasteiger partial charge in [-0.25, -0.2) is 4.39 Å². The van der Waals surface area contributed by atoms with E-state index >= 15 is 0 Å². The Bertz CT molecular complexity index is 961. The van der Waals surface area contributed by atoms with E-state index in [-0.39, 0.29) is 22.2 Å². The summed E-state index contributed by atoms with van der Waals surface area (Å²) >= 11 is 0. The molecule has 1 aromatic heterocycles. The van der Waals surface area contributed by atoms with E-state index in [0.29, 0.717) is 10.8 Å². The minimum Gasteiger partial charge on any atom is -0.329 e. The van der Waals surface area contributed by atoms with Gasteiger partial charge < -0.3 is 10.7 Å². The Morgan fingerprint density at radius 3 is 2.52 bits per heavy atom. The summed E-state index contributed by atoms with van der Waals surface area (Å²) in [4.78, 5) is 27.2. The van der Waals surface area contributed by atoms with Crippen LogP contribution < -0.4 is 11.3 Å². The quantitative estimate of drug-likeness (QED) is 0.730. The molecule has 1 atom stereocenters. The number of rotatable bonds is 3. The predicted octanol–water partition coefficient (Wildman–Crippen LogP) is 2.92. The fraction of sp³-hybridized carbons (Fsp3) is 0.111. The molecule has 5 heteroatoms. The Morgan fingerprint density at radius 2 is 1.78 bits per heavy atom. The number of fused-ring (bicyclic) bond motifs is 1. The second-order valence-corrected chi connectivity index (χ2v) is 5.40. The van der Waals surface area contributed by atoms with E-state index in [9.17, 15) is 14.0 Å². The van der Waals surface area contributed by atoms with Gasteiger partial charge in [-0.05, 0) is 30.5 Å². The number of H-pyrrole nitrogens is 1. The number of aromatic amines is 1. The Balaban J connectivity index is 2.21. The second kappa shape index (κ2) is 5.78. The molecule has 0 aliphatic rings. The lowest BCUT2D eigenvalue weighted by atomic mass is 9.95. The second-order valence-electron chi connectivity index (χ2n) is 5.40. The van der Waals surface area contributed by atoms with Gasteiger partial charge in [0.1, 0.15) is 5.82 Å². The van der Waals surface area contributed by atoms with Crippen LogP contribution in [0.15, 0.2) is 53.5 Å². The van der Waals surface area contributed by atoms with Crippen LogP contribution in [0, 0.1) is 5.82 Å². The lowest BCUT2D eigenvalue weighted by Crippen LogP contribution is -2.13. The van der Waals surface area contributed by atoms with Gasteiger partial charge in [0.2, 0.25) is 0 Å². The van der Waals surface area contributed by atoms with Crippen LogP contribution in [0.3, 0.4) is 0 Å². The fourth-order valence-electron chi connectivity index (χ4n) is 2.64. The Morgan fingerprint density at radius 1 is 1.09 bits per heavy atom. The number of benzene rings is 2. The molecule has 4 nitrogen and oxygen atoms in total. The molecule has 0 bridgehead atoms. The van der Waals surface area contributed by atoms with Crippen LogP contribution in [-0.4, -0.2) is 10.8 Å². The number of ketones is 1. The van der Waals surface area contributed by atoms with Gasteiger partial charge in [0.15, 0.2) is 5.78 Å². The number of aromatic nitrogens is 1. The molecule has 0 aliphatic heterocycles. The highest BCUT2D eigenvalue weighted by atomic mass is 19.1. The van der Waals surface area contributed by atoms with E-state index in [2.05, 4.69) is 4.98 Å². The van der Waals surface area contributed by atoms with Crippen LogP contribution in [-0.2, 0) is 0 Å². The highest BCUT2D eigenvalue weighted by Crippen LogP contribution is 2.23. The monoisotopic (exact) mass is 310 g/mol. The van der Waals surface area contributed by atoms with Crippen LogP contribution in [0.25, 0.3) is 10.8 Å². The maximum atomic E-state index is 14.6. The Labute approximate surface area is 131 Å². The van der Waals surface area contributed by atoms with E-state index in [4.69, 9.17) is 5.73 Å². The van der Waals surface area contributed by atoms with Crippen molar-refractivity contribution >= 4 is 16.6 Å². The number of pyridine rings is 1. The first kappa shape index (κ1) is 15.1. The highest BCUT2D eigenvalue weighted by Gasteiger charge is 2.20. The van der Waals surface area contributed by atoms with Crippen LogP contribution in [0.1, 0.15) is 34.5 Å². The van der Waals surface area contributed by atoms with Gasteiger partial charge in [-0.1, -0.05) is 24.3 Å². The van der Waals surface area contributed by atoms with Crippen molar-refractivity contribution in [1.29, 1.82) is 0 Å². The summed E-state index contributed by atoms with van der Waals surface area (Å²) in [6, 6.07) is 10.5. The molecule has 3 aromatic rings. The van der Waals surface area contributed by atoms with Gasteiger partial charge >= 0.3 is 0 Å². The van der Waals surface area contributed by atoms with Crippen molar-refractivity contribution in [2.24, 2.45) is 5.73 Å². The van der Waals surface area contributed by atoms with Crippen molar-refractivity contribution in [2.45, 2.75) is 13.0 Å². The number of nitrogens with two attached hydrogens (primary N) is 1. The third-order valence-electron chi connectivity index (χ3n) is 3.82. The molecule has 2 aromatic carbocycles. The first-order chi connectivity index (χ1) is 11.0. The first-order valence-corrected chi connectivity index (χ1v) is 7.20. The third kappa shape index (κ3) is 2.55. The minimum atomic E-state index is -0.616.